The summed E-state index contributed by atoms with van der Waals surface area (Å²) in [6, 6.07) is -0.356. The molecule has 1 saturated heterocycles. The van der Waals surface area contributed by atoms with Crippen molar-refractivity contribution in [3.8, 4) is 0 Å². The first-order chi connectivity index (χ1) is 8.69. The van der Waals surface area contributed by atoms with Crippen LogP contribution < -0.4 is 10.6 Å². The predicted octanol–water partition coefficient (Wildman–Crippen LogP) is -0.639. The molecule has 7 heteroatoms. The quantitative estimate of drug-likeness (QED) is 0.468. The van der Waals surface area contributed by atoms with Crippen molar-refractivity contribution in [2.45, 2.75) is 25.3 Å². The molecule has 0 spiro atoms. The van der Waals surface area contributed by atoms with Gasteiger partial charge in [0.25, 0.3) is 0 Å². The molecule has 1 aliphatic rings. The third-order valence-corrected chi connectivity index (χ3v) is 3.30. The molecule has 2 atom stereocenters. The van der Waals surface area contributed by atoms with Crippen LogP contribution in [0.25, 0.3) is 0 Å². The molecule has 1 fully saturated rings. The molecule has 1 aliphatic heterocycles. The number of rotatable bonds is 7. The summed E-state index contributed by atoms with van der Waals surface area (Å²) < 4.78 is 10.4. The molecule has 0 aromatic carbocycles. The molecule has 1 amide bonds. The Hall–Kier alpha value is -0.785. The van der Waals surface area contributed by atoms with Gasteiger partial charge in [-0.1, -0.05) is 0 Å². The van der Waals surface area contributed by atoms with Crippen LogP contribution in [0.5, 0.6) is 0 Å². The summed E-state index contributed by atoms with van der Waals surface area (Å²) in [4.78, 5) is 17.0. The van der Waals surface area contributed by atoms with Crippen LogP contribution in [0, 0.1) is 5.92 Å². The molecule has 1 heterocycles. The summed E-state index contributed by atoms with van der Waals surface area (Å²) in [5.41, 5.74) is 0. The van der Waals surface area contributed by atoms with Crippen LogP contribution in [0.1, 0.15) is 19.3 Å². The van der Waals surface area contributed by atoms with Gasteiger partial charge in [-0.05, 0) is 0 Å². The molecule has 102 valence electrons. The summed E-state index contributed by atoms with van der Waals surface area (Å²) in [5, 5.41) is 7.50. The number of nitrogens with zero attached hydrogens (tertiary/aromatic N) is 1. The summed E-state index contributed by atoms with van der Waals surface area (Å²) in [7, 11) is 3.81. The van der Waals surface area contributed by atoms with Crippen LogP contribution in [0.2, 0.25) is 0 Å². The molecule has 0 aromatic heterocycles. The van der Waals surface area contributed by atoms with Gasteiger partial charge in [0.2, 0.25) is 0 Å². The molecule has 1 rings (SSSR count). The van der Waals surface area contributed by atoms with E-state index >= 15 is 0 Å². The van der Waals surface area contributed by atoms with Gasteiger partial charge in [-0.2, -0.15) is 0 Å². The fourth-order valence-electron chi connectivity index (χ4n) is 2.23. The van der Waals surface area contributed by atoms with Gasteiger partial charge in [-0.15, -0.1) is 0 Å². The van der Waals surface area contributed by atoms with E-state index in [1.165, 1.54) is 12.2 Å². The number of amides is 1. The van der Waals surface area contributed by atoms with Crippen LogP contribution in [-0.2, 0) is 14.3 Å². The first-order valence-electron chi connectivity index (χ1n) is 6.38. The van der Waals surface area contributed by atoms with Gasteiger partial charge < -0.3 is 0 Å². The first kappa shape index (κ1) is 15.3. The maximum absolute atomic E-state index is 12.1. The van der Waals surface area contributed by atoms with Gasteiger partial charge in [0.1, 0.15) is 0 Å². The second-order valence-corrected chi connectivity index (χ2v) is 4.59. The number of hydroxylamine groups is 2. The van der Waals surface area contributed by atoms with Crippen molar-refractivity contribution in [1.82, 2.24) is 15.7 Å². The van der Waals surface area contributed by atoms with Crippen LogP contribution in [0.15, 0.2) is 0 Å². The van der Waals surface area contributed by atoms with Crippen molar-refractivity contribution in [2.24, 2.45) is 5.92 Å². The Kier molecular flexibility index (Phi) is 7.08. The van der Waals surface area contributed by atoms with Crippen molar-refractivity contribution in [1.29, 1.82) is 0 Å². The van der Waals surface area contributed by atoms with E-state index < -0.39 is 0 Å². The normalized spacial score (nSPS) is 21.1. The van der Waals surface area contributed by atoms with E-state index in [1.807, 2.05) is 0 Å². The van der Waals surface area contributed by atoms with Crippen molar-refractivity contribution in [3.05, 3.63) is 0 Å². The zero-order valence-electron chi connectivity index (χ0n) is 11.1. The Balaban J connectivity index is 2.52. The Labute approximate surface area is 109 Å². The van der Waals surface area contributed by atoms with E-state index in [4.69, 9.17) is 4.84 Å². The standard InChI is InChI=1S/C11H22BN3O3/c1-15(18-2)11(16)10(14-8-12-17)6-9-4-3-5-13-7-9/h9-10,13-14H,3-8H2,1-2H3. The molecule has 0 saturated carbocycles. The molecule has 2 unspecified atom stereocenters. The number of hydrogen-bond acceptors (Lipinski definition) is 5. The molecule has 0 aromatic rings. The monoisotopic (exact) mass is 255 g/mol. The molecule has 18 heavy (non-hydrogen) atoms. The predicted molar refractivity (Wildman–Crippen MR) is 68.2 cm³/mol. The van der Waals surface area contributed by atoms with E-state index in [1.54, 1.807) is 7.05 Å². The van der Waals surface area contributed by atoms with Gasteiger partial charge in [-0.25, -0.2) is 0 Å². The van der Waals surface area contributed by atoms with Crippen LogP contribution in [0.4, 0.5) is 0 Å². The number of piperidine rings is 1. The molecule has 2 N–H and O–H groups in total. The third kappa shape index (κ3) is 4.84. The van der Waals surface area contributed by atoms with Gasteiger partial charge in [0, 0.05) is 0 Å². The molecule has 6 nitrogen and oxygen atoms in total. The van der Waals surface area contributed by atoms with Crippen molar-refractivity contribution in [2.75, 3.05) is 33.7 Å². The van der Waals surface area contributed by atoms with E-state index in [0.29, 0.717) is 5.92 Å². The average molecular weight is 255 g/mol. The van der Waals surface area contributed by atoms with Gasteiger partial charge in [0.15, 0.2) is 0 Å². The summed E-state index contributed by atoms with van der Waals surface area (Å²) in [5.74, 6) is 0.335. The Bertz CT molecular complexity index is 272. The molecule has 0 bridgehead atoms. The topological polar surface area (TPSA) is 70.7 Å². The average Bonchev–Trinajstić information content (AvgIpc) is 2.42. The Morgan fingerprint density at radius 1 is 1.67 bits per heavy atom. The van der Waals surface area contributed by atoms with Crippen molar-refractivity contribution >= 4 is 13.1 Å². The van der Waals surface area contributed by atoms with Crippen molar-refractivity contribution in [3.63, 3.8) is 0 Å². The van der Waals surface area contributed by atoms with Crippen LogP contribution >= 0.6 is 0 Å². The van der Waals surface area contributed by atoms with E-state index in [9.17, 15) is 9.50 Å². The van der Waals surface area contributed by atoms with Gasteiger partial charge in [0.05, 0.1) is 0 Å². The fraction of sp³-hybridized carbons (Fsp3) is 0.909. The van der Waals surface area contributed by atoms with E-state index in [2.05, 4.69) is 10.6 Å². The fourth-order valence-corrected chi connectivity index (χ4v) is 2.23. The van der Waals surface area contributed by atoms with E-state index in [0.717, 1.165) is 39.5 Å². The van der Waals surface area contributed by atoms with E-state index in [-0.39, 0.29) is 18.4 Å². The van der Waals surface area contributed by atoms with Gasteiger partial charge in [-0.3, -0.25) is 0 Å². The van der Waals surface area contributed by atoms with Crippen LogP contribution in [0.3, 0.4) is 0 Å². The van der Waals surface area contributed by atoms with Crippen molar-refractivity contribution < 1.29 is 14.3 Å². The molecule has 0 radical (unpaired) electrons. The molecule has 0 aliphatic carbocycles. The summed E-state index contributed by atoms with van der Waals surface area (Å²) in [6.07, 6.45) is 3.18. The van der Waals surface area contributed by atoms with Crippen LogP contribution in [-0.4, -0.2) is 57.9 Å². The zero-order chi connectivity index (χ0) is 13.4. The number of carbonyl (C=O) groups is 1. The minimum atomic E-state index is -0.356. The number of carbonyl (C=O) groups excluding carboxylic acids is 1. The zero-order valence-corrected chi connectivity index (χ0v) is 11.1. The minimum absolute atomic E-state index is 0.134. The molecular weight excluding hydrogens is 233 g/mol. The number of hydrogen-bond donors (Lipinski definition) is 2. The SMILES string of the molecule is CON(C)C(=O)C(CC1CCCNC1)NCB=O. The first-order valence-corrected chi connectivity index (χ1v) is 6.38. The second kappa shape index (κ2) is 8.34. The van der Waals surface area contributed by atoms with Gasteiger partial charge >= 0.3 is 108 Å². The number of likely N-dealkylation sites (N-methyl/N-ethyl adjacent to an activating group) is 1. The number of nitrogens with one attached hydrogen (secondary N) is 2. The second-order valence-electron chi connectivity index (χ2n) is 4.59. The summed E-state index contributed by atoms with van der Waals surface area (Å²) in [6.45, 7) is 1.98. The summed E-state index contributed by atoms with van der Waals surface area (Å²) >= 11 is 0. The third-order valence-electron chi connectivity index (χ3n) is 3.30. The maximum atomic E-state index is 12.1. The molecular formula is C11H22BN3O3. The Morgan fingerprint density at radius 2 is 2.44 bits per heavy atom. The Morgan fingerprint density at radius 3 is 3.00 bits per heavy atom.